The van der Waals surface area contributed by atoms with E-state index in [2.05, 4.69) is 0 Å². The zero-order valence-corrected chi connectivity index (χ0v) is 13.4. The molecule has 0 unspecified atom stereocenters. The zero-order chi connectivity index (χ0) is 17.4. The van der Waals surface area contributed by atoms with Crippen LogP contribution >= 0.6 is 0 Å². The highest BCUT2D eigenvalue weighted by Gasteiger charge is 2.50. The molecule has 0 aromatic heterocycles. The topological polar surface area (TPSA) is 89.9 Å². The highest BCUT2D eigenvalue weighted by atomic mass is 16.7. The summed E-state index contributed by atoms with van der Waals surface area (Å²) in [5.74, 6) is -3.92. The first kappa shape index (κ1) is 16.7. The van der Waals surface area contributed by atoms with E-state index >= 15 is 0 Å². The van der Waals surface area contributed by atoms with Crippen LogP contribution in [0.25, 0.3) is 6.08 Å². The number of cyclic esters (lactones) is 2. The Morgan fingerprint density at radius 3 is 1.96 bits per heavy atom. The molecule has 6 heteroatoms. The van der Waals surface area contributed by atoms with Gasteiger partial charge in [0.2, 0.25) is 0 Å². The zero-order valence-electron chi connectivity index (χ0n) is 13.4. The molecule has 0 spiro atoms. The Labute approximate surface area is 133 Å². The van der Waals surface area contributed by atoms with E-state index in [0.717, 1.165) is 0 Å². The Morgan fingerprint density at radius 1 is 1.09 bits per heavy atom. The molecule has 0 bridgehead atoms. The Bertz CT molecular complexity index is 671. The molecule has 1 aliphatic heterocycles. The summed E-state index contributed by atoms with van der Waals surface area (Å²) in [5, 5.41) is 8.85. The number of benzene rings is 1. The van der Waals surface area contributed by atoms with Gasteiger partial charge in [0, 0.05) is 12.3 Å². The maximum atomic E-state index is 12.2. The number of carboxylic acid groups (broad SMARTS) is 1. The second-order valence-corrected chi connectivity index (χ2v) is 6.46. The molecule has 1 fully saturated rings. The van der Waals surface area contributed by atoms with E-state index in [1.807, 2.05) is 0 Å². The maximum absolute atomic E-state index is 12.2. The number of hydrogen-bond acceptors (Lipinski definition) is 5. The van der Waals surface area contributed by atoms with Crippen molar-refractivity contribution in [2.45, 2.75) is 33.5 Å². The predicted octanol–water partition coefficient (Wildman–Crippen LogP) is 2.63. The van der Waals surface area contributed by atoms with Crippen molar-refractivity contribution in [2.75, 3.05) is 0 Å². The van der Waals surface area contributed by atoms with Crippen LogP contribution < -0.4 is 0 Å². The SMILES string of the molecule is CC(C)(C)C1(C)OC(=O)C(=Cc2ccc(C(=O)O)cc2)C(=O)O1. The standard InChI is InChI=1S/C17H18O6/c1-16(2,3)17(4)22-14(20)12(15(21)23-17)9-10-5-7-11(8-6-10)13(18)19/h5-9H,1-4H3,(H,18,19). The molecule has 0 amide bonds. The number of hydrogen-bond donors (Lipinski definition) is 1. The molecule has 0 aliphatic carbocycles. The third kappa shape index (κ3) is 3.26. The molecule has 2 rings (SSSR count). The number of aromatic carboxylic acids is 1. The molecule has 23 heavy (non-hydrogen) atoms. The minimum Gasteiger partial charge on any atom is -0.478 e. The summed E-state index contributed by atoms with van der Waals surface area (Å²) in [5.41, 5.74) is -0.193. The average molecular weight is 318 g/mol. The van der Waals surface area contributed by atoms with Gasteiger partial charge >= 0.3 is 17.9 Å². The molecule has 122 valence electrons. The summed E-state index contributed by atoms with van der Waals surface area (Å²) in [6, 6.07) is 5.75. The van der Waals surface area contributed by atoms with Gasteiger partial charge in [-0.3, -0.25) is 0 Å². The van der Waals surface area contributed by atoms with Crippen LogP contribution in [0.1, 0.15) is 43.6 Å². The summed E-state index contributed by atoms with van der Waals surface area (Å²) in [6.07, 6.45) is 1.32. The van der Waals surface area contributed by atoms with Crippen LogP contribution in [0.4, 0.5) is 0 Å². The van der Waals surface area contributed by atoms with E-state index in [4.69, 9.17) is 14.6 Å². The molecular formula is C17H18O6. The van der Waals surface area contributed by atoms with Gasteiger partial charge in [0.05, 0.1) is 5.56 Å². The van der Waals surface area contributed by atoms with Gasteiger partial charge in [-0.1, -0.05) is 32.9 Å². The van der Waals surface area contributed by atoms with Gasteiger partial charge in [0.25, 0.3) is 5.79 Å². The van der Waals surface area contributed by atoms with Gasteiger partial charge < -0.3 is 14.6 Å². The number of carbonyl (C=O) groups is 3. The van der Waals surface area contributed by atoms with Crippen LogP contribution in [0, 0.1) is 5.41 Å². The van der Waals surface area contributed by atoms with Gasteiger partial charge in [-0.2, -0.15) is 0 Å². The number of carbonyl (C=O) groups excluding carboxylic acids is 2. The summed E-state index contributed by atoms with van der Waals surface area (Å²) in [7, 11) is 0. The minimum absolute atomic E-state index is 0.112. The van der Waals surface area contributed by atoms with E-state index in [-0.39, 0.29) is 11.1 Å². The van der Waals surface area contributed by atoms with Crippen molar-refractivity contribution in [1.29, 1.82) is 0 Å². The molecule has 1 N–H and O–H groups in total. The average Bonchev–Trinajstić information content (AvgIpc) is 2.42. The summed E-state index contributed by atoms with van der Waals surface area (Å²) in [6.45, 7) is 6.94. The van der Waals surface area contributed by atoms with E-state index in [0.29, 0.717) is 5.56 Å². The van der Waals surface area contributed by atoms with Crippen molar-refractivity contribution in [3.8, 4) is 0 Å². The van der Waals surface area contributed by atoms with Crippen LogP contribution in [0.3, 0.4) is 0 Å². The monoisotopic (exact) mass is 318 g/mol. The Hall–Kier alpha value is -2.63. The summed E-state index contributed by atoms with van der Waals surface area (Å²) >= 11 is 0. The second-order valence-electron chi connectivity index (χ2n) is 6.46. The van der Waals surface area contributed by atoms with Gasteiger partial charge in [-0.25, -0.2) is 14.4 Å². The fraction of sp³-hybridized carbons (Fsp3) is 0.353. The van der Waals surface area contributed by atoms with Gasteiger partial charge in [0.1, 0.15) is 5.57 Å². The number of ether oxygens (including phenoxy) is 2. The van der Waals surface area contributed by atoms with Crippen LogP contribution in [0.15, 0.2) is 29.8 Å². The highest BCUT2D eigenvalue weighted by Crippen LogP contribution is 2.38. The summed E-state index contributed by atoms with van der Waals surface area (Å²) < 4.78 is 10.6. The maximum Gasteiger partial charge on any atom is 0.348 e. The predicted molar refractivity (Wildman–Crippen MR) is 81.4 cm³/mol. The number of rotatable bonds is 2. The Balaban J connectivity index is 2.29. The molecule has 1 aromatic rings. The molecule has 6 nitrogen and oxygen atoms in total. The summed E-state index contributed by atoms with van der Waals surface area (Å²) in [4.78, 5) is 35.1. The molecular weight excluding hydrogens is 300 g/mol. The van der Waals surface area contributed by atoms with Crippen LogP contribution in [-0.2, 0) is 19.1 Å². The van der Waals surface area contributed by atoms with E-state index in [1.54, 1.807) is 27.7 Å². The van der Waals surface area contributed by atoms with Crippen molar-refractivity contribution in [1.82, 2.24) is 0 Å². The first-order valence-electron chi connectivity index (χ1n) is 7.05. The largest absolute Gasteiger partial charge is 0.478 e. The lowest BCUT2D eigenvalue weighted by atomic mass is 9.85. The van der Waals surface area contributed by atoms with Crippen molar-refractivity contribution < 1.29 is 29.0 Å². The van der Waals surface area contributed by atoms with Crippen molar-refractivity contribution >= 4 is 24.0 Å². The first-order valence-corrected chi connectivity index (χ1v) is 7.05. The van der Waals surface area contributed by atoms with Crippen LogP contribution in [-0.4, -0.2) is 28.8 Å². The van der Waals surface area contributed by atoms with Crippen molar-refractivity contribution in [3.05, 3.63) is 41.0 Å². The quantitative estimate of drug-likeness (QED) is 0.512. The highest BCUT2D eigenvalue weighted by molar-refractivity contribution is 6.18. The number of carboxylic acids is 1. The lowest BCUT2D eigenvalue weighted by molar-refractivity contribution is -0.261. The third-order valence-electron chi connectivity index (χ3n) is 3.85. The third-order valence-corrected chi connectivity index (χ3v) is 3.85. The minimum atomic E-state index is -1.34. The first-order chi connectivity index (χ1) is 10.5. The van der Waals surface area contributed by atoms with E-state index < -0.39 is 29.1 Å². The lowest BCUT2D eigenvalue weighted by Gasteiger charge is -2.42. The van der Waals surface area contributed by atoms with E-state index in [1.165, 1.54) is 30.3 Å². The van der Waals surface area contributed by atoms with Crippen LogP contribution in [0.5, 0.6) is 0 Å². The fourth-order valence-corrected chi connectivity index (χ4v) is 1.88. The fourth-order valence-electron chi connectivity index (χ4n) is 1.88. The van der Waals surface area contributed by atoms with Crippen molar-refractivity contribution in [3.63, 3.8) is 0 Å². The van der Waals surface area contributed by atoms with Gasteiger partial charge in [0.15, 0.2) is 0 Å². The smallest absolute Gasteiger partial charge is 0.348 e. The molecule has 1 aliphatic rings. The molecule has 1 saturated heterocycles. The Kier molecular flexibility index (Phi) is 4.03. The normalized spacial score (nSPS) is 21.5. The van der Waals surface area contributed by atoms with Gasteiger partial charge in [-0.15, -0.1) is 0 Å². The number of esters is 2. The molecule has 0 saturated carbocycles. The van der Waals surface area contributed by atoms with Crippen molar-refractivity contribution in [2.24, 2.45) is 5.41 Å². The molecule has 0 atom stereocenters. The molecule has 0 radical (unpaired) electrons. The Morgan fingerprint density at radius 2 is 1.57 bits per heavy atom. The van der Waals surface area contributed by atoms with Crippen LogP contribution in [0.2, 0.25) is 0 Å². The van der Waals surface area contributed by atoms with E-state index in [9.17, 15) is 14.4 Å². The second kappa shape index (κ2) is 5.53. The van der Waals surface area contributed by atoms with Gasteiger partial charge in [-0.05, 0) is 23.8 Å². The molecule has 1 heterocycles. The molecule has 1 aromatic carbocycles. The lowest BCUT2D eigenvalue weighted by Crippen LogP contribution is -2.52.